The van der Waals surface area contributed by atoms with E-state index < -0.39 is 10.8 Å². The quantitative estimate of drug-likeness (QED) is 0.225. The zero-order valence-electron chi connectivity index (χ0n) is 17.8. The van der Waals surface area contributed by atoms with Gasteiger partial charge >= 0.3 is 0 Å². The number of amides is 1. The number of para-hydroxylation sites is 3. The van der Waals surface area contributed by atoms with Crippen molar-refractivity contribution >= 4 is 23.4 Å². The van der Waals surface area contributed by atoms with E-state index in [9.17, 15) is 20.2 Å². The van der Waals surface area contributed by atoms with Gasteiger partial charge < -0.3 is 19.5 Å². The molecule has 166 valence electrons. The van der Waals surface area contributed by atoms with Crippen molar-refractivity contribution in [1.29, 1.82) is 5.26 Å². The fraction of sp³-hybridized carbons (Fsp3) is 0.0833. The average Bonchev–Trinajstić information content (AvgIpc) is 2.83. The van der Waals surface area contributed by atoms with Crippen molar-refractivity contribution in [3.8, 4) is 29.1 Å². The van der Waals surface area contributed by atoms with E-state index in [0.717, 1.165) is 6.08 Å². The molecule has 9 heteroatoms. The lowest BCUT2D eigenvalue weighted by Gasteiger charge is -2.12. The molecule has 3 aromatic rings. The van der Waals surface area contributed by atoms with Crippen LogP contribution in [0.25, 0.3) is 6.08 Å². The molecule has 0 saturated heterocycles. The van der Waals surface area contributed by atoms with Gasteiger partial charge in [0.2, 0.25) is 0 Å². The van der Waals surface area contributed by atoms with Crippen LogP contribution < -0.4 is 19.5 Å². The molecule has 0 saturated carbocycles. The Hall–Kier alpha value is -4.84. The lowest BCUT2D eigenvalue weighted by molar-refractivity contribution is -0.385. The van der Waals surface area contributed by atoms with Crippen LogP contribution in [0.4, 0.5) is 11.4 Å². The second-order valence-electron chi connectivity index (χ2n) is 6.56. The van der Waals surface area contributed by atoms with Gasteiger partial charge in [-0.15, -0.1) is 0 Å². The summed E-state index contributed by atoms with van der Waals surface area (Å²) in [7, 11) is 2.72. The van der Waals surface area contributed by atoms with E-state index in [4.69, 9.17) is 14.2 Å². The van der Waals surface area contributed by atoms with Gasteiger partial charge in [0.1, 0.15) is 17.4 Å². The minimum absolute atomic E-state index is 0.0122. The molecule has 0 aliphatic heterocycles. The minimum atomic E-state index is -0.759. The summed E-state index contributed by atoms with van der Waals surface area (Å²) >= 11 is 0. The number of rotatable bonds is 8. The summed E-state index contributed by atoms with van der Waals surface area (Å²) in [6.45, 7) is 0. The molecule has 0 aliphatic carbocycles. The highest BCUT2D eigenvalue weighted by Gasteiger charge is 2.21. The van der Waals surface area contributed by atoms with Gasteiger partial charge in [0, 0.05) is 0 Å². The van der Waals surface area contributed by atoms with Crippen molar-refractivity contribution in [1.82, 2.24) is 0 Å². The number of benzene rings is 3. The van der Waals surface area contributed by atoms with Gasteiger partial charge in [-0.25, -0.2) is 0 Å². The molecule has 33 heavy (non-hydrogen) atoms. The number of anilines is 1. The van der Waals surface area contributed by atoms with Gasteiger partial charge in [0.25, 0.3) is 11.6 Å². The zero-order valence-corrected chi connectivity index (χ0v) is 17.8. The molecular formula is C24H19N3O6. The van der Waals surface area contributed by atoms with Crippen molar-refractivity contribution in [3.05, 3.63) is 88.0 Å². The molecule has 0 heterocycles. The molecule has 1 N–H and O–H groups in total. The molecule has 3 rings (SSSR count). The molecule has 0 radical (unpaired) electrons. The lowest BCUT2D eigenvalue weighted by atomic mass is 10.1. The summed E-state index contributed by atoms with van der Waals surface area (Å²) in [5.74, 6) is 0.540. The maximum Gasteiger partial charge on any atom is 0.280 e. The molecule has 1 amide bonds. The highest BCUT2D eigenvalue weighted by Crippen LogP contribution is 2.36. The third-order valence-electron chi connectivity index (χ3n) is 4.50. The van der Waals surface area contributed by atoms with Crippen LogP contribution >= 0.6 is 0 Å². The van der Waals surface area contributed by atoms with Crippen LogP contribution in [0, 0.1) is 21.4 Å². The highest BCUT2D eigenvalue weighted by molar-refractivity contribution is 6.10. The van der Waals surface area contributed by atoms with Crippen molar-refractivity contribution in [3.63, 3.8) is 0 Å². The van der Waals surface area contributed by atoms with Crippen LogP contribution in [0.5, 0.6) is 23.0 Å². The highest BCUT2D eigenvalue weighted by atomic mass is 16.6. The molecule has 0 fully saturated rings. The number of nitrogens with one attached hydrogen (secondary N) is 1. The van der Waals surface area contributed by atoms with Crippen molar-refractivity contribution in [2.45, 2.75) is 0 Å². The summed E-state index contributed by atoms with van der Waals surface area (Å²) in [6.07, 6.45) is 1.12. The fourth-order valence-electron chi connectivity index (χ4n) is 2.93. The molecule has 0 atom stereocenters. The number of carbonyl (C=O) groups excluding carboxylic acids is 1. The van der Waals surface area contributed by atoms with E-state index in [1.165, 1.54) is 26.4 Å². The number of hydrogen-bond donors (Lipinski definition) is 1. The smallest absolute Gasteiger partial charge is 0.280 e. The predicted molar refractivity (Wildman–Crippen MR) is 121 cm³/mol. The van der Waals surface area contributed by atoms with E-state index in [1.807, 2.05) is 18.2 Å². The Kier molecular flexibility index (Phi) is 7.24. The van der Waals surface area contributed by atoms with Gasteiger partial charge in [-0.05, 0) is 36.4 Å². The van der Waals surface area contributed by atoms with Crippen LogP contribution in [0.2, 0.25) is 0 Å². The fourth-order valence-corrected chi connectivity index (χ4v) is 2.93. The summed E-state index contributed by atoms with van der Waals surface area (Å²) in [6, 6.07) is 20.0. The maximum atomic E-state index is 12.8. The maximum absolute atomic E-state index is 12.8. The molecule has 0 aromatic heterocycles. The van der Waals surface area contributed by atoms with Gasteiger partial charge in [0.15, 0.2) is 17.2 Å². The molecule has 0 unspecified atom stereocenters. The SMILES string of the molecule is COc1cc(/C=C(\C#N)C(=O)Nc2ccccc2Oc2ccccc2)c([N+](=O)[O-])cc1OC. The van der Waals surface area contributed by atoms with Crippen LogP contribution in [0.3, 0.4) is 0 Å². The number of nitro groups is 1. The Labute approximate surface area is 189 Å². The van der Waals surface area contributed by atoms with E-state index in [-0.39, 0.29) is 28.3 Å². The summed E-state index contributed by atoms with van der Waals surface area (Å²) in [4.78, 5) is 23.7. The van der Waals surface area contributed by atoms with Crippen LogP contribution in [0.1, 0.15) is 5.56 Å². The minimum Gasteiger partial charge on any atom is -0.493 e. The van der Waals surface area contributed by atoms with Crippen LogP contribution in [-0.2, 0) is 4.79 Å². The topological polar surface area (TPSA) is 124 Å². The van der Waals surface area contributed by atoms with Crippen molar-refractivity contribution in [2.75, 3.05) is 19.5 Å². The predicted octanol–water partition coefficient (Wildman–Crippen LogP) is 4.95. The zero-order chi connectivity index (χ0) is 23.8. The number of nitrogens with zero attached hydrogens (tertiary/aromatic N) is 2. The van der Waals surface area contributed by atoms with E-state index >= 15 is 0 Å². The summed E-state index contributed by atoms with van der Waals surface area (Å²) in [5, 5.41) is 23.7. The summed E-state index contributed by atoms with van der Waals surface area (Å²) < 4.78 is 16.1. The Bertz CT molecular complexity index is 1250. The number of carbonyl (C=O) groups is 1. The number of ether oxygens (including phenoxy) is 3. The van der Waals surface area contributed by atoms with E-state index in [0.29, 0.717) is 17.2 Å². The Balaban J connectivity index is 1.94. The number of nitriles is 1. The van der Waals surface area contributed by atoms with Crippen LogP contribution in [0.15, 0.2) is 72.3 Å². The molecular weight excluding hydrogens is 426 g/mol. The largest absolute Gasteiger partial charge is 0.493 e. The Morgan fingerprint density at radius 2 is 1.64 bits per heavy atom. The normalized spacial score (nSPS) is 10.6. The summed E-state index contributed by atoms with van der Waals surface area (Å²) in [5.41, 5.74) is -0.353. The molecule has 0 bridgehead atoms. The number of methoxy groups -OCH3 is 2. The van der Waals surface area contributed by atoms with Gasteiger partial charge in [-0.1, -0.05) is 30.3 Å². The number of hydrogen-bond acceptors (Lipinski definition) is 7. The van der Waals surface area contributed by atoms with Gasteiger partial charge in [-0.3, -0.25) is 14.9 Å². The Morgan fingerprint density at radius 1 is 1.00 bits per heavy atom. The standard InChI is InChI=1S/C24H19N3O6/c1-31-22-13-16(20(27(29)30)14-23(22)32-2)12-17(15-25)24(28)26-19-10-6-7-11-21(19)33-18-8-4-3-5-9-18/h3-14H,1-2H3,(H,26,28)/b17-12+. The van der Waals surface area contributed by atoms with Gasteiger partial charge in [-0.2, -0.15) is 5.26 Å². The first-order chi connectivity index (χ1) is 16.0. The van der Waals surface area contributed by atoms with Crippen molar-refractivity contribution < 1.29 is 23.9 Å². The van der Waals surface area contributed by atoms with Crippen molar-refractivity contribution in [2.24, 2.45) is 0 Å². The third-order valence-corrected chi connectivity index (χ3v) is 4.50. The lowest BCUT2D eigenvalue weighted by Crippen LogP contribution is -2.14. The molecule has 3 aromatic carbocycles. The van der Waals surface area contributed by atoms with E-state index in [2.05, 4.69) is 5.32 Å². The molecule has 0 aliphatic rings. The first-order valence-electron chi connectivity index (χ1n) is 9.62. The second-order valence-corrected chi connectivity index (χ2v) is 6.56. The first kappa shape index (κ1) is 22.8. The third kappa shape index (κ3) is 5.45. The number of nitro benzene ring substituents is 1. The molecule has 0 spiro atoms. The Morgan fingerprint density at radius 3 is 2.27 bits per heavy atom. The second kappa shape index (κ2) is 10.5. The van der Waals surface area contributed by atoms with Gasteiger partial charge in [0.05, 0.1) is 36.5 Å². The monoisotopic (exact) mass is 445 g/mol. The first-order valence-corrected chi connectivity index (χ1v) is 9.62. The average molecular weight is 445 g/mol. The molecule has 9 nitrogen and oxygen atoms in total. The van der Waals surface area contributed by atoms with E-state index in [1.54, 1.807) is 42.5 Å². The van der Waals surface area contributed by atoms with Crippen LogP contribution in [-0.4, -0.2) is 25.1 Å².